The number of hydrogen-bond acceptors (Lipinski definition) is 0. The third-order valence-corrected chi connectivity index (χ3v) is 7.79. The maximum atomic E-state index is 9.14. The first kappa shape index (κ1) is 16.7. The van der Waals surface area contributed by atoms with Crippen molar-refractivity contribution in [1.29, 1.82) is 0 Å². The maximum absolute atomic E-state index is 9.14. The van der Waals surface area contributed by atoms with E-state index in [1.807, 2.05) is 48.5 Å². The molecular formula is C40H26. The zero-order chi connectivity index (χ0) is 32.6. The average molecular weight is 514 g/mol. The number of rotatable bonds is 3. The van der Waals surface area contributed by atoms with Crippen LogP contribution in [0.1, 0.15) is 9.60 Å². The minimum atomic E-state index is -0.473. The number of fused-ring (bicyclic) bond motifs is 4. The summed E-state index contributed by atoms with van der Waals surface area (Å²) in [4.78, 5) is 0. The molecular weight excluding hydrogens is 480 g/mol. The highest BCUT2D eigenvalue weighted by Gasteiger charge is 2.18. The first-order chi connectivity index (χ1) is 22.8. The van der Waals surface area contributed by atoms with Crippen molar-refractivity contribution >= 4 is 43.1 Å². The second kappa shape index (κ2) is 9.22. The van der Waals surface area contributed by atoms with Crippen LogP contribution >= 0.6 is 0 Å². The molecule has 0 spiro atoms. The Kier molecular flexibility index (Phi) is 3.85. The molecule has 0 unspecified atom stereocenters. The lowest BCUT2D eigenvalue weighted by Crippen LogP contribution is -1.92. The summed E-state index contributed by atoms with van der Waals surface area (Å²) in [7, 11) is 0. The van der Waals surface area contributed by atoms with Gasteiger partial charge in [0.25, 0.3) is 0 Å². The minimum Gasteiger partial charge on any atom is -0.0622 e. The normalized spacial score (nSPS) is 13.9. The van der Waals surface area contributed by atoms with Gasteiger partial charge in [0.2, 0.25) is 0 Å². The Balaban J connectivity index is 1.51. The standard InChI is InChI=1S/C40H26/c1-2-13-28(14-3-1)39-35-16-6-8-18-37(35)40(38-19-9-7-17-36(38)39)34-23-11-21-32-31(20-10-22-33(32)34)30-25-24-27-12-4-5-15-29(27)26-30/h1-26H/i1D,2D,3D,6D,13D,14D,16D. The topological polar surface area (TPSA) is 0 Å². The lowest BCUT2D eigenvalue weighted by molar-refractivity contribution is 1.65. The highest BCUT2D eigenvalue weighted by Crippen LogP contribution is 2.46. The van der Waals surface area contributed by atoms with E-state index in [0.29, 0.717) is 21.7 Å². The Morgan fingerprint density at radius 1 is 0.350 bits per heavy atom. The van der Waals surface area contributed by atoms with Crippen LogP contribution in [0.15, 0.2) is 158 Å². The summed E-state index contributed by atoms with van der Waals surface area (Å²) in [5, 5.41) is 6.94. The largest absolute Gasteiger partial charge is 0.0629 e. The van der Waals surface area contributed by atoms with Crippen LogP contribution in [0.3, 0.4) is 0 Å². The summed E-state index contributed by atoms with van der Waals surface area (Å²) in [5.74, 6) is 0. The van der Waals surface area contributed by atoms with Gasteiger partial charge in [-0.3, -0.25) is 0 Å². The van der Waals surface area contributed by atoms with E-state index in [4.69, 9.17) is 9.60 Å². The maximum Gasteiger partial charge on any atom is 0.0629 e. The predicted octanol–water partition coefficient (Wildman–Crippen LogP) is 11.3. The molecule has 0 saturated heterocycles. The molecule has 0 aliphatic rings. The van der Waals surface area contributed by atoms with E-state index in [1.54, 1.807) is 6.07 Å². The van der Waals surface area contributed by atoms with Crippen LogP contribution in [0.2, 0.25) is 0 Å². The van der Waals surface area contributed by atoms with Crippen LogP contribution < -0.4 is 0 Å². The van der Waals surface area contributed by atoms with Gasteiger partial charge in [-0.25, -0.2) is 0 Å². The molecule has 0 heterocycles. The first-order valence-corrected chi connectivity index (χ1v) is 13.3. The lowest BCUT2D eigenvalue weighted by Gasteiger charge is -2.19. The Labute approximate surface area is 243 Å². The molecule has 0 atom stereocenters. The van der Waals surface area contributed by atoms with Crippen molar-refractivity contribution in [1.82, 2.24) is 0 Å². The third-order valence-electron chi connectivity index (χ3n) is 7.79. The molecule has 40 heavy (non-hydrogen) atoms. The van der Waals surface area contributed by atoms with Crippen molar-refractivity contribution in [2.75, 3.05) is 0 Å². The van der Waals surface area contributed by atoms with Gasteiger partial charge >= 0.3 is 0 Å². The third kappa shape index (κ3) is 3.54. The van der Waals surface area contributed by atoms with Crippen LogP contribution in [0.5, 0.6) is 0 Å². The van der Waals surface area contributed by atoms with Crippen molar-refractivity contribution in [2.24, 2.45) is 0 Å². The summed E-state index contributed by atoms with van der Waals surface area (Å²) in [6.45, 7) is 0. The second-order valence-corrected chi connectivity index (χ2v) is 9.96. The van der Waals surface area contributed by atoms with Gasteiger partial charge in [-0.05, 0) is 82.5 Å². The lowest BCUT2D eigenvalue weighted by atomic mass is 9.84. The smallest absolute Gasteiger partial charge is 0.0622 e. The van der Waals surface area contributed by atoms with Crippen LogP contribution in [0, 0.1) is 0 Å². The summed E-state index contributed by atoms with van der Waals surface area (Å²) < 4.78 is 60.4. The molecule has 0 aliphatic carbocycles. The molecule has 0 N–H and O–H groups in total. The highest BCUT2D eigenvalue weighted by atomic mass is 14.2. The molecule has 8 aromatic carbocycles. The Hall–Kier alpha value is -5.20. The monoisotopic (exact) mass is 513 g/mol. The SMILES string of the molecule is [2H]c1ccc2c(-c3cccc4c(-c5ccc6ccccc6c5)cccc34)c3ccccc3c(-c3c([2H])c([2H])c([2H])c([2H])c3[2H])c2c1[2H]. The van der Waals surface area contributed by atoms with E-state index in [0.717, 1.165) is 43.8 Å². The molecule has 0 heteroatoms. The van der Waals surface area contributed by atoms with E-state index in [9.17, 15) is 0 Å². The molecule has 0 bridgehead atoms. The number of benzene rings is 8. The van der Waals surface area contributed by atoms with Crippen molar-refractivity contribution < 1.29 is 9.60 Å². The highest BCUT2D eigenvalue weighted by molar-refractivity contribution is 6.24. The molecule has 0 radical (unpaired) electrons. The van der Waals surface area contributed by atoms with Gasteiger partial charge in [0, 0.05) is 0 Å². The summed E-state index contributed by atoms with van der Waals surface area (Å²) in [6.07, 6.45) is 0. The zero-order valence-electron chi connectivity index (χ0n) is 28.5. The Bertz CT molecular complexity index is 2580. The zero-order valence-corrected chi connectivity index (χ0v) is 21.5. The van der Waals surface area contributed by atoms with E-state index in [1.165, 1.54) is 5.39 Å². The second-order valence-electron chi connectivity index (χ2n) is 9.96. The van der Waals surface area contributed by atoms with Crippen molar-refractivity contribution in [3.63, 3.8) is 0 Å². The van der Waals surface area contributed by atoms with Crippen LogP contribution in [-0.2, 0) is 0 Å². The van der Waals surface area contributed by atoms with Gasteiger partial charge in [-0.2, -0.15) is 0 Å². The van der Waals surface area contributed by atoms with Crippen LogP contribution in [0.4, 0.5) is 0 Å². The molecule has 8 rings (SSSR count). The van der Waals surface area contributed by atoms with E-state index >= 15 is 0 Å². The summed E-state index contributed by atoms with van der Waals surface area (Å²) in [6, 6.07) is 36.2. The van der Waals surface area contributed by atoms with Gasteiger partial charge in [0.1, 0.15) is 0 Å². The predicted molar refractivity (Wildman–Crippen MR) is 173 cm³/mol. The molecule has 186 valence electrons. The first-order valence-electron chi connectivity index (χ1n) is 16.8. The molecule has 0 aliphatic heterocycles. The van der Waals surface area contributed by atoms with Gasteiger partial charge < -0.3 is 0 Å². The molecule has 8 aromatic rings. The fourth-order valence-electron chi connectivity index (χ4n) is 6.06. The Morgan fingerprint density at radius 2 is 0.975 bits per heavy atom. The average Bonchev–Trinajstić information content (AvgIpc) is 3.10. The summed E-state index contributed by atoms with van der Waals surface area (Å²) in [5.41, 5.74) is 4.39. The van der Waals surface area contributed by atoms with Gasteiger partial charge in [0.05, 0.1) is 9.60 Å². The fourth-order valence-corrected chi connectivity index (χ4v) is 6.06. The molecule has 0 saturated carbocycles. The van der Waals surface area contributed by atoms with E-state index in [-0.39, 0.29) is 29.7 Å². The van der Waals surface area contributed by atoms with Crippen molar-refractivity contribution in [2.45, 2.75) is 0 Å². The van der Waals surface area contributed by atoms with Gasteiger partial charge in [0.15, 0.2) is 0 Å². The van der Waals surface area contributed by atoms with Crippen LogP contribution in [0.25, 0.3) is 76.5 Å². The van der Waals surface area contributed by atoms with Crippen molar-refractivity contribution in [3.8, 4) is 33.4 Å². The van der Waals surface area contributed by atoms with E-state index in [2.05, 4.69) is 60.7 Å². The van der Waals surface area contributed by atoms with Crippen molar-refractivity contribution in [3.05, 3.63) is 158 Å². The van der Waals surface area contributed by atoms with Gasteiger partial charge in [-0.1, -0.05) is 151 Å². The molecule has 0 amide bonds. The van der Waals surface area contributed by atoms with E-state index < -0.39 is 18.1 Å². The summed E-state index contributed by atoms with van der Waals surface area (Å²) >= 11 is 0. The molecule has 0 aromatic heterocycles. The molecule has 0 fully saturated rings. The van der Waals surface area contributed by atoms with Crippen LogP contribution in [-0.4, -0.2) is 0 Å². The fraction of sp³-hybridized carbons (Fsp3) is 0. The Morgan fingerprint density at radius 3 is 1.80 bits per heavy atom. The van der Waals surface area contributed by atoms with Gasteiger partial charge in [-0.15, -0.1) is 0 Å². The molecule has 0 nitrogen and oxygen atoms in total. The quantitative estimate of drug-likeness (QED) is 0.206. The minimum absolute atomic E-state index is 0.0103. The number of hydrogen-bond donors (Lipinski definition) is 0.